The maximum absolute atomic E-state index is 14.6. The summed E-state index contributed by atoms with van der Waals surface area (Å²) in [6.07, 6.45) is 1.81. The number of H-pyrrole nitrogens is 1. The van der Waals surface area contributed by atoms with Gasteiger partial charge >= 0.3 is 0 Å². The van der Waals surface area contributed by atoms with E-state index in [4.69, 9.17) is 4.74 Å². The molecule has 2 fully saturated rings. The summed E-state index contributed by atoms with van der Waals surface area (Å²) in [6, 6.07) is 10.6. The predicted molar refractivity (Wildman–Crippen MR) is 134 cm³/mol. The SMILES string of the molecule is CC.O=C(c1cc(Oc2n[nH]c(=O)c3ccccc23)ccc1F)N1CCN(C(=O)C2CCCN2)CC1. The van der Waals surface area contributed by atoms with E-state index in [1.807, 2.05) is 13.8 Å². The standard InChI is InChI=1S/C24H24FN5O4.C2H6/c25-19-8-7-15(34-22-17-5-2-1-4-16(17)21(31)27-28-22)14-18(19)23(32)29-10-12-30(13-11-29)24(33)20-6-3-9-26-20;1-2/h1-2,4-5,7-8,14,20,26H,3,6,9-13H2,(H,27,31);1-2H3. The fourth-order valence-corrected chi connectivity index (χ4v) is 4.43. The Kier molecular flexibility index (Phi) is 7.94. The zero-order valence-corrected chi connectivity index (χ0v) is 20.4. The molecule has 1 atom stereocenters. The van der Waals surface area contributed by atoms with Crippen LogP contribution in [0.3, 0.4) is 0 Å². The molecule has 1 unspecified atom stereocenters. The molecule has 2 aromatic carbocycles. The molecule has 10 heteroatoms. The van der Waals surface area contributed by atoms with E-state index in [0.29, 0.717) is 37.0 Å². The number of fused-ring (bicyclic) bond motifs is 1. The minimum atomic E-state index is -0.662. The molecule has 1 aromatic heterocycles. The second-order valence-electron chi connectivity index (χ2n) is 8.41. The maximum Gasteiger partial charge on any atom is 0.272 e. The molecule has 0 bridgehead atoms. The largest absolute Gasteiger partial charge is 0.437 e. The summed E-state index contributed by atoms with van der Waals surface area (Å²) in [5, 5.41) is 10.4. The zero-order valence-electron chi connectivity index (χ0n) is 20.4. The lowest BCUT2D eigenvalue weighted by molar-refractivity contribution is -0.134. The first kappa shape index (κ1) is 25.3. The van der Waals surface area contributed by atoms with Crippen molar-refractivity contribution < 1.29 is 18.7 Å². The van der Waals surface area contributed by atoms with Crippen LogP contribution in [0.25, 0.3) is 10.8 Å². The number of hydrogen-bond donors (Lipinski definition) is 2. The fourth-order valence-electron chi connectivity index (χ4n) is 4.43. The number of aromatic nitrogens is 2. The summed E-state index contributed by atoms with van der Waals surface area (Å²) >= 11 is 0. The van der Waals surface area contributed by atoms with Crippen molar-refractivity contribution >= 4 is 22.6 Å². The molecule has 3 aromatic rings. The van der Waals surface area contributed by atoms with E-state index in [9.17, 15) is 18.8 Å². The highest BCUT2D eigenvalue weighted by Crippen LogP contribution is 2.27. The van der Waals surface area contributed by atoms with Crippen LogP contribution in [0.15, 0.2) is 47.3 Å². The van der Waals surface area contributed by atoms with Gasteiger partial charge in [-0.2, -0.15) is 0 Å². The molecule has 36 heavy (non-hydrogen) atoms. The second kappa shape index (κ2) is 11.3. The number of hydrogen-bond acceptors (Lipinski definition) is 6. The van der Waals surface area contributed by atoms with Gasteiger partial charge in [0, 0.05) is 26.2 Å². The smallest absolute Gasteiger partial charge is 0.272 e. The third kappa shape index (κ3) is 5.23. The van der Waals surface area contributed by atoms with Crippen molar-refractivity contribution in [2.45, 2.75) is 32.7 Å². The van der Waals surface area contributed by atoms with Gasteiger partial charge in [-0.05, 0) is 49.7 Å². The van der Waals surface area contributed by atoms with Crippen molar-refractivity contribution in [3.63, 3.8) is 0 Å². The van der Waals surface area contributed by atoms with Crippen LogP contribution in [0.5, 0.6) is 11.6 Å². The molecule has 190 valence electrons. The van der Waals surface area contributed by atoms with Crippen LogP contribution in [-0.4, -0.2) is 70.6 Å². The van der Waals surface area contributed by atoms with E-state index in [2.05, 4.69) is 15.5 Å². The maximum atomic E-state index is 14.6. The average molecular weight is 496 g/mol. The number of rotatable bonds is 4. The molecule has 3 heterocycles. The van der Waals surface area contributed by atoms with Gasteiger partial charge in [0.15, 0.2) is 0 Å². The second-order valence-corrected chi connectivity index (χ2v) is 8.41. The zero-order chi connectivity index (χ0) is 25.7. The monoisotopic (exact) mass is 495 g/mol. The first-order chi connectivity index (χ1) is 17.5. The van der Waals surface area contributed by atoms with Crippen molar-refractivity contribution in [2.24, 2.45) is 0 Å². The highest BCUT2D eigenvalue weighted by atomic mass is 19.1. The number of amides is 2. The summed E-state index contributed by atoms with van der Waals surface area (Å²) in [7, 11) is 0. The third-order valence-corrected chi connectivity index (χ3v) is 6.28. The quantitative estimate of drug-likeness (QED) is 0.576. The van der Waals surface area contributed by atoms with E-state index in [-0.39, 0.29) is 34.7 Å². The van der Waals surface area contributed by atoms with Crippen LogP contribution in [0.2, 0.25) is 0 Å². The van der Waals surface area contributed by atoms with Gasteiger partial charge in [-0.25, -0.2) is 9.49 Å². The summed E-state index contributed by atoms with van der Waals surface area (Å²) < 4.78 is 20.4. The number of halogens is 1. The van der Waals surface area contributed by atoms with Gasteiger partial charge < -0.3 is 19.9 Å². The van der Waals surface area contributed by atoms with Crippen molar-refractivity contribution in [1.29, 1.82) is 0 Å². The fraction of sp³-hybridized carbons (Fsp3) is 0.385. The molecule has 2 saturated heterocycles. The Balaban J connectivity index is 0.00000148. The number of benzene rings is 2. The molecule has 0 radical (unpaired) electrons. The Hall–Kier alpha value is -3.79. The van der Waals surface area contributed by atoms with Crippen molar-refractivity contribution in [3.05, 3.63) is 64.2 Å². The van der Waals surface area contributed by atoms with Crippen molar-refractivity contribution in [3.8, 4) is 11.6 Å². The van der Waals surface area contributed by atoms with Crippen LogP contribution >= 0.6 is 0 Å². The summed E-state index contributed by atoms with van der Waals surface area (Å²) in [6.45, 7) is 6.32. The lowest BCUT2D eigenvalue weighted by Gasteiger charge is -2.36. The number of carbonyl (C=O) groups is 2. The average Bonchev–Trinajstić information content (AvgIpc) is 3.47. The van der Waals surface area contributed by atoms with Gasteiger partial charge in [-0.15, -0.1) is 5.10 Å². The van der Waals surface area contributed by atoms with Crippen LogP contribution < -0.4 is 15.6 Å². The predicted octanol–water partition coefficient (Wildman–Crippen LogP) is 2.92. The van der Waals surface area contributed by atoms with Gasteiger partial charge in [0.05, 0.1) is 22.4 Å². The molecule has 2 amide bonds. The van der Waals surface area contributed by atoms with Gasteiger partial charge in [-0.1, -0.05) is 26.0 Å². The lowest BCUT2D eigenvalue weighted by atomic mass is 10.1. The molecule has 0 spiro atoms. The van der Waals surface area contributed by atoms with Crippen LogP contribution in [-0.2, 0) is 4.79 Å². The van der Waals surface area contributed by atoms with Gasteiger partial charge in [0.25, 0.3) is 11.5 Å². The number of aromatic amines is 1. The summed E-state index contributed by atoms with van der Waals surface area (Å²) in [5.74, 6) is -0.700. The summed E-state index contributed by atoms with van der Waals surface area (Å²) in [4.78, 5) is 40.9. The molecule has 5 rings (SSSR count). The molecular weight excluding hydrogens is 465 g/mol. The normalized spacial score (nSPS) is 17.5. The van der Waals surface area contributed by atoms with E-state index in [0.717, 1.165) is 19.4 Å². The first-order valence-electron chi connectivity index (χ1n) is 12.3. The van der Waals surface area contributed by atoms with Gasteiger partial charge in [0.2, 0.25) is 11.8 Å². The van der Waals surface area contributed by atoms with Crippen LogP contribution in [0.4, 0.5) is 4.39 Å². The lowest BCUT2D eigenvalue weighted by Crippen LogP contribution is -2.54. The number of nitrogens with zero attached hydrogens (tertiary/aromatic N) is 3. The topological polar surface area (TPSA) is 108 Å². The number of ether oxygens (including phenoxy) is 1. The Morgan fingerprint density at radius 1 is 1.03 bits per heavy atom. The molecule has 0 saturated carbocycles. The molecular formula is C26H30FN5O4. The first-order valence-corrected chi connectivity index (χ1v) is 12.3. The van der Waals surface area contributed by atoms with Crippen molar-refractivity contribution in [1.82, 2.24) is 25.3 Å². The van der Waals surface area contributed by atoms with Crippen LogP contribution in [0, 0.1) is 5.82 Å². The molecule has 0 aliphatic carbocycles. The number of nitrogens with one attached hydrogen (secondary N) is 2. The van der Waals surface area contributed by atoms with E-state index < -0.39 is 11.7 Å². The molecule has 2 aliphatic heterocycles. The van der Waals surface area contributed by atoms with E-state index >= 15 is 0 Å². The molecule has 2 aliphatic rings. The minimum absolute atomic E-state index is 0.0619. The minimum Gasteiger partial charge on any atom is -0.437 e. The van der Waals surface area contributed by atoms with Gasteiger partial charge in [-0.3, -0.25) is 14.4 Å². The number of carbonyl (C=O) groups excluding carboxylic acids is 2. The Morgan fingerprint density at radius 3 is 2.42 bits per heavy atom. The Labute approximate surface area is 208 Å². The Morgan fingerprint density at radius 2 is 1.72 bits per heavy atom. The third-order valence-electron chi connectivity index (χ3n) is 6.28. The number of piperazine rings is 1. The van der Waals surface area contributed by atoms with Crippen LogP contribution in [0.1, 0.15) is 37.0 Å². The summed E-state index contributed by atoms with van der Waals surface area (Å²) in [5.41, 5.74) is -0.470. The van der Waals surface area contributed by atoms with Gasteiger partial charge in [0.1, 0.15) is 11.6 Å². The Bertz CT molecular complexity index is 1300. The molecule has 2 N–H and O–H groups in total. The van der Waals surface area contributed by atoms with E-state index in [1.165, 1.54) is 18.2 Å². The van der Waals surface area contributed by atoms with E-state index in [1.54, 1.807) is 34.1 Å². The van der Waals surface area contributed by atoms with Crippen molar-refractivity contribution in [2.75, 3.05) is 32.7 Å². The highest BCUT2D eigenvalue weighted by molar-refractivity contribution is 5.95. The molecule has 9 nitrogen and oxygen atoms in total. The highest BCUT2D eigenvalue weighted by Gasteiger charge is 2.31.